The molecule has 1 heterocycles. The van der Waals surface area contributed by atoms with E-state index in [0.29, 0.717) is 18.9 Å². The predicted molar refractivity (Wildman–Crippen MR) is 51.6 cm³/mol. The number of likely N-dealkylation sites (N-methyl/N-ethyl adjacent to an activating group) is 1. The molecule has 1 aromatic rings. The molecule has 0 fully saturated rings. The van der Waals surface area contributed by atoms with Crippen LogP contribution in [0, 0.1) is 0 Å². The number of nitrogen functional groups attached to an aromatic ring is 1. The Morgan fingerprint density at radius 1 is 1.69 bits per heavy atom. The lowest BCUT2D eigenvalue weighted by Gasteiger charge is -2.16. The monoisotopic (exact) mass is 183 g/mol. The van der Waals surface area contributed by atoms with E-state index in [0.717, 1.165) is 0 Å². The number of aromatic amines is 1. The Bertz CT molecular complexity index is 334. The van der Waals surface area contributed by atoms with Gasteiger partial charge in [-0.1, -0.05) is 0 Å². The Morgan fingerprint density at radius 3 is 2.92 bits per heavy atom. The van der Waals surface area contributed by atoms with Crippen LogP contribution >= 0.6 is 0 Å². The maximum absolute atomic E-state index is 11.0. The molecule has 0 spiro atoms. The Hall–Kier alpha value is -1.56. The lowest BCUT2D eigenvalue weighted by Crippen LogP contribution is -2.27. The van der Waals surface area contributed by atoms with Crippen molar-refractivity contribution in [2.75, 3.05) is 30.8 Å². The molecule has 1 rings (SSSR count). The number of aromatic nitrogens is 2. The number of hydrogen-bond acceptors (Lipinski definition) is 5. The Kier molecular flexibility index (Phi) is 2.86. The van der Waals surface area contributed by atoms with Crippen LogP contribution < -0.4 is 21.9 Å². The van der Waals surface area contributed by atoms with Gasteiger partial charge in [0.25, 0.3) is 5.56 Å². The number of anilines is 2. The zero-order valence-corrected chi connectivity index (χ0v) is 7.45. The van der Waals surface area contributed by atoms with E-state index in [-0.39, 0.29) is 11.5 Å². The van der Waals surface area contributed by atoms with Gasteiger partial charge in [0, 0.05) is 26.2 Å². The van der Waals surface area contributed by atoms with Crippen molar-refractivity contribution in [1.82, 2.24) is 9.97 Å². The number of nitrogens with one attached hydrogen (secondary N) is 1. The zero-order chi connectivity index (χ0) is 9.84. The van der Waals surface area contributed by atoms with Gasteiger partial charge in [0.1, 0.15) is 5.82 Å². The summed E-state index contributed by atoms with van der Waals surface area (Å²) in [6.45, 7) is 1.14. The molecule has 0 unspecified atom stereocenters. The van der Waals surface area contributed by atoms with Crippen molar-refractivity contribution in [1.29, 1.82) is 0 Å². The van der Waals surface area contributed by atoms with Gasteiger partial charge in [0.05, 0.1) is 0 Å². The molecule has 0 aliphatic rings. The van der Waals surface area contributed by atoms with E-state index in [1.165, 1.54) is 6.07 Å². The first-order valence-electron chi connectivity index (χ1n) is 3.91. The first-order valence-corrected chi connectivity index (χ1v) is 3.91. The van der Waals surface area contributed by atoms with Crippen molar-refractivity contribution < 1.29 is 0 Å². The van der Waals surface area contributed by atoms with Crippen LogP contribution in [0.25, 0.3) is 0 Å². The van der Waals surface area contributed by atoms with Crippen LogP contribution in [0.15, 0.2) is 10.9 Å². The summed E-state index contributed by atoms with van der Waals surface area (Å²) in [6, 6.07) is 1.38. The van der Waals surface area contributed by atoms with E-state index in [1.54, 1.807) is 11.9 Å². The molecule has 0 aromatic carbocycles. The van der Waals surface area contributed by atoms with E-state index >= 15 is 0 Å². The average Bonchev–Trinajstić information content (AvgIpc) is 2.03. The van der Waals surface area contributed by atoms with Gasteiger partial charge < -0.3 is 16.4 Å². The maximum atomic E-state index is 11.0. The maximum Gasteiger partial charge on any atom is 0.254 e. The van der Waals surface area contributed by atoms with Gasteiger partial charge in [-0.15, -0.1) is 0 Å². The van der Waals surface area contributed by atoms with Crippen LogP contribution in [0.3, 0.4) is 0 Å². The minimum Gasteiger partial charge on any atom is -0.369 e. The highest BCUT2D eigenvalue weighted by Crippen LogP contribution is 2.04. The molecule has 5 N–H and O–H groups in total. The topological polar surface area (TPSA) is 101 Å². The van der Waals surface area contributed by atoms with E-state index in [4.69, 9.17) is 11.5 Å². The Morgan fingerprint density at radius 2 is 2.38 bits per heavy atom. The minimum absolute atomic E-state index is 0.117. The van der Waals surface area contributed by atoms with Crippen molar-refractivity contribution in [3.05, 3.63) is 16.4 Å². The fraction of sp³-hybridized carbons (Fsp3) is 0.429. The molecule has 0 saturated carbocycles. The highest BCUT2D eigenvalue weighted by molar-refractivity contribution is 5.39. The third-order valence-electron chi connectivity index (χ3n) is 1.60. The molecule has 6 heteroatoms. The fourth-order valence-electron chi connectivity index (χ4n) is 0.967. The largest absolute Gasteiger partial charge is 0.369 e. The summed E-state index contributed by atoms with van der Waals surface area (Å²) >= 11 is 0. The van der Waals surface area contributed by atoms with Crippen molar-refractivity contribution in [2.24, 2.45) is 5.73 Å². The molecule has 13 heavy (non-hydrogen) atoms. The summed E-state index contributed by atoms with van der Waals surface area (Å²) in [7, 11) is 1.80. The SMILES string of the molecule is CN(CCN)c1cc(=O)[nH]c(N)n1. The first kappa shape index (κ1) is 9.53. The van der Waals surface area contributed by atoms with E-state index in [9.17, 15) is 4.79 Å². The number of hydrogen-bond donors (Lipinski definition) is 3. The smallest absolute Gasteiger partial charge is 0.254 e. The second-order valence-electron chi connectivity index (χ2n) is 2.70. The molecule has 0 bridgehead atoms. The second kappa shape index (κ2) is 3.90. The second-order valence-corrected chi connectivity index (χ2v) is 2.70. The average molecular weight is 183 g/mol. The first-order chi connectivity index (χ1) is 6.13. The minimum atomic E-state index is -0.258. The quantitative estimate of drug-likeness (QED) is 0.543. The molecular weight excluding hydrogens is 170 g/mol. The zero-order valence-electron chi connectivity index (χ0n) is 7.45. The van der Waals surface area contributed by atoms with Gasteiger partial charge >= 0.3 is 0 Å². The van der Waals surface area contributed by atoms with Crippen molar-refractivity contribution in [3.8, 4) is 0 Å². The molecule has 1 aromatic heterocycles. The van der Waals surface area contributed by atoms with E-state index in [1.807, 2.05) is 0 Å². The molecule has 0 aliphatic carbocycles. The van der Waals surface area contributed by atoms with Crippen LogP contribution in [0.4, 0.5) is 11.8 Å². The van der Waals surface area contributed by atoms with Crippen LogP contribution in [-0.2, 0) is 0 Å². The van der Waals surface area contributed by atoms with Crippen molar-refractivity contribution in [2.45, 2.75) is 0 Å². The van der Waals surface area contributed by atoms with Gasteiger partial charge in [0.2, 0.25) is 5.95 Å². The van der Waals surface area contributed by atoms with Gasteiger partial charge in [0.15, 0.2) is 0 Å². The van der Waals surface area contributed by atoms with E-state index in [2.05, 4.69) is 9.97 Å². The van der Waals surface area contributed by atoms with Gasteiger partial charge in [-0.3, -0.25) is 9.78 Å². The molecule has 72 valence electrons. The van der Waals surface area contributed by atoms with E-state index < -0.39 is 0 Å². The highest BCUT2D eigenvalue weighted by atomic mass is 16.1. The Balaban J connectivity index is 2.94. The summed E-state index contributed by atoms with van der Waals surface area (Å²) in [6.07, 6.45) is 0. The van der Waals surface area contributed by atoms with Crippen molar-refractivity contribution >= 4 is 11.8 Å². The summed E-state index contributed by atoms with van der Waals surface area (Å²) in [5.41, 5.74) is 10.5. The standard InChI is InChI=1S/C7H13N5O/c1-12(3-2-8)5-4-6(13)11-7(9)10-5/h4H,2-3,8H2,1H3,(H3,9,10,11,13). The number of nitrogens with zero attached hydrogens (tertiary/aromatic N) is 2. The molecule has 0 atom stereocenters. The Labute approximate surface area is 75.6 Å². The van der Waals surface area contributed by atoms with Crippen LogP contribution in [0.5, 0.6) is 0 Å². The van der Waals surface area contributed by atoms with Gasteiger partial charge in [-0.25, -0.2) is 0 Å². The van der Waals surface area contributed by atoms with Crippen molar-refractivity contribution in [3.63, 3.8) is 0 Å². The fourth-order valence-corrected chi connectivity index (χ4v) is 0.967. The molecular formula is C7H13N5O. The van der Waals surface area contributed by atoms with Gasteiger partial charge in [-0.2, -0.15) is 4.98 Å². The predicted octanol–water partition coefficient (Wildman–Crippen LogP) is -1.25. The molecule has 0 radical (unpaired) electrons. The third kappa shape index (κ3) is 2.45. The van der Waals surface area contributed by atoms with Gasteiger partial charge in [-0.05, 0) is 0 Å². The summed E-state index contributed by atoms with van der Waals surface area (Å²) in [4.78, 5) is 19.1. The number of rotatable bonds is 3. The molecule has 6 nitrogen and oxygen atoms in total. The number of H-pyrrole nitrogens is 1. The summed E-state index contributed by atoms with van der Waals surface area (Å²) < 4.78 is 0. The molecule has 0 saturated heterocycles. The molecule has 0 aliphatic heterocycles. The van der Waals surface area contributed by atoms with Crippen LogP contribution in [0.2, 0.25) is 0 Å². The van der Waals surface area contributed by atoms with Crippen LogP contribution in [-0.4, -0.2) is 30.1 Å². The summed E-state index contributed by atoms with van der Waals surface area (Å²) in [5, 5.41) is 0. The normalized spacial score (nSPS) is 10.0. The third-order valence-corrected chi connectivity index (χ3v) is 1.60. The number of nitrogens with two attached hydrogens (primary N) is 2. The highest BCUT2D eigenvalue weighted by Gasteiger charge is 2.02. The lowest BCUT2D eigenvalue weighted by molar-refractivity contribution is 0.863. The molecule has 0 amide bonds. The van der Waals surface area contributed by atoms with Crippen LogP contribution in [0.1, 0.15) is 0 Å². The summed E-state index contributed by atoms with van der Waals surface area (Å²) in [5.74, 6) is 0.651. The lowest BCUT2D eigenvalue weighted by atomic mass is 10.5.